The lowest BCUT2D eigenvalue weighted by atomic mass is 9.85. The van der Waals surface area contributed by atoms with Crippen LogP contribution in [0.4, 0.5) is 4.39 Å². The Morgan fingerprint density at radius 1 is 1.32 bits per heavy atom. The highest BCUT2D eigenvalue weighted by atomic mass is 19.1. The minimum atomic E-state index is -0.220. The number of rotatable bonds is 5. The van der Waals surface area contributed by atoms with Gasteiger partial charge in [0.2, 0.25) is 5.91 Å². The number of benzene rings is 1. The van der Waals surface area contributed by atoms with Crippen LogP contribution in [-0.2, 0) is 16.1 Å². The van der Waals surface area contributed by atoms with Crippen molar-refractivity contribution in [1.82, 2.24) is 9.80 Å². The van der Waals surface area contributed by atoms with E-state index in [1.54, 1.807) is 19.2 Å². The van der Waals surface area contributed by atoms with Gasteiger partial charge in [-0.2, -0.15) is 0 Å². The number of carbonyl (C=O) groups excluding carboxylic acids is 1. The van der Waals surface area contributed by atoms with Crippen LogP contribution in [0.5, 0.6) is 0 Å². The van der Waals surface area contributed by atoms with Gasteiger partial charge < -0.3 is 9.64 Å². The zero-order chi connectivity index (χ0) is 15.5. The first-order valence-corrected chi connectivity index (χ1v) is 7.93. The number of fused-ring (bicyclic) bond motifs is 2. The number of methoxy groups -OCH3 is 1. The fraction of sp³-hybridized carbons (Fsp3) is 0.588. The normalized spacial score (nSPS) is 25.5. The molecule has 1 aromatic carbocycles. The number of likely N-dealkylation sites (tertiary alicyclic amines) is 2. The van der Waals surface area contributed by atoms with E-state index in [-0.39, 0.29) is 17.8 Å². The minimum Gasteiger partial charge on any atom is -0.383 e. The highest BCUT2D eigenvalue weighted by molar-refractivity contribution is 5.83. The Morgan fingerprint density at radius 3 is 2.82 bits per heavy atom. The summed E-state index contributed by atoms with van der Waals surface area (Å²) in [6.07, 6.45) is 2.07. The predicted molar refractivity (Wildman–Crippen MR) is 81.8 cm³/mol. The third kappa shape index (κ3) is 3.31. The molecule has 1 aromatic rings. The summed E-state index contributed by atoms with van der Waals surface area (Å²) in [6.45, 7) is 3.77. The van der Waals surface area contributed by atoms with Crippen molar-refractivity contribution < 1.29 is 13.9 Å². The second-order valence-electron chi connectivity index (χ2n) is 6.28. The zero-order valence-electron chi connectivity index (χ0n) is 13.0. The molecule has 4 nitrogen and oxygen atoms in total. The summed E-state index contributed by atoms with van der Waals surface area (Å²) >= 11 is 0. The van der Waals surface area contributed by atoms with E-state index in [2.05, 4.69) is 4.90 Å². The number of ether oxygens (including phenoxy) is 1. The van der Waals surface area contributed by atoms with Crippen LogP contribution in [0.2, 0.25) is 0 Å². The Hall–Kier alpha value is -1.46. The smallest absolute Gasteiger partial charge is 0.240 e. The molecular formula is C17H23FN2O2. The van der Waals surface area contributed by atoms with Crippen LogP contribution >= 0.6 is 0 Å². The fourth-order valence-electron chi connectivity index (χ4n) is 3.54. The van der Waals surface area contributed by atoms with Crippen LogP contribution in [0.15, 0.2) is 24.3 Å². The van der Waals surface area contributed by atoms with Gasteiger partial charge in [-0.25, -0.2) is 4.39 Å². The summed E-state index contributed by atoms with van der Waals surface area (Å²) in [5.74, 6) is 0.598. The lowest BCUT2D eigenvalue weighted by molar-refractivity contribution is -0.146. The summed E-state index contributed by atoms with van der Waals surface area (Å²) in [6, 6.07) is 6.54. The molecule has 1 amide bonds. The van der Waals surface area contributed by atoms with Crippen LogP contribution in [-0.4, -0.2) is 55.1 Å². The maximum Gasteiger partial charge on any atom is 0.240 e. The van der Waals surface area contributed by atoms with Gasteiger partial charge in [0.1, 0.15) is 5.82 Å². The molecule has 0 unspecified atom stereocenters. The molecule has 0 saturated carbocycles. The van der Waals surface area contributed by atoms with Gasteiger partial charge in [0.25, 0.3) is 0 Å². The highest BCUT2D eigenvalue weighted by Gasteiger charge is 2.40. The third-order valence-electron chi connectivity index (χ3n) is 4.76. The number of piperidine rings is 2. The molecule has 2 aliphatic rings. The van der Waals surface area contributed by atoms with Crippen molar-refractivity contribution in [3.8, 4) is 0 Å². The fourth-order valence-corrected chi connectivity index (χ4v) is 3.54. The Labute approximate surface area is 130 Å². The van der Waals surface area contributed by atoms with E-state index in [0.29, 0.717) is 25.6 Å². The van der Waals surface area contributed by atoms with Crippen LogP contribution < -0.4 is 0 Å². The summed E-state index contributed by atoms with van der Waals surface area (Å²) in [7, 11) is 1.66. The Morgan fingerprint density at radius 2 is 2.09 bits per heavy atom. The Bertz CT molecular complexity index is 520. The van der Waals surface area contributed by atoms with Gasteiger partial charge in [-0.3, -0.25) is 9.69 Å². The van der Waals surface area contributed by atoms with Crippen molar-refractivity contribution in [2.45, 2.75) is 25.4 Å². The maximum atomic E-state index is 13.0. The van der Waals surface area contributed by atoms with E-state index in [1.807, 2.05) is 4.90 Å². The van der Waals surface area contributed by atoms with Gasteiger partial charge in [-0.05, 0) is 43.0 Å². The molecule has 5 heteroatoms. The molecule has 2 atom stereocenters. The molecule has 2 heterocycles. The number of halogens is 1. The van der Waals surface area contributed by atoms with Gasteiger partial charge in [0.05, 0.1) is 12.6 Å². The summed E-state index contributed by atoms with van der Waals surface area (Å²) < 4.78 is 18.1. The molecule has 3 rings (SSSR count). The van der Waals surface area contributed by atoms with Crippen LogP contribution in [0.25, 0.3) is 0 Å². The number of amides is 1. The standard InChI is InChI=1S/C17H23FN2O2/c1-22-9-8-20-12-14-6-7-19(16(10-14)17(20)21)11-13-2-4-15(18)5-3-13/h2-5,14,16H,6-12H2,1H3/t14-,16+/m0/s1. The molecule has 0 N–H and O–H groups in total. The van der Waals surface area contributed by atoms with Crippen molar-refractivity contribution in [3.05, 3.63) is 35.6 Å². The SMILES string of the molecule is COCCN1C[C@H]2CCN(Cc3ccc(F)cc3)[C@H](C2)C1=O. The quantitative estimate of drug-likeness (QED) is 0.833. The second kappa shape index (κ2) is 6.75. The molecule has 2 bridgehead atoms. The van der Waals surface area contributed by atoms with E-state index >= 15 is 0 Å². The van der Waals surface area contributed by atoms with Gasteiger partial charge >= 0.3 is 0 Å². The Kier molecular flexibility index (Phi) is 4.74. The van der Waals surface area contributed by atoms with Gasteiger partial charge in [-0.15, -0.1) is 0 Å². The van der Waals surface area contributed by atoms with Crippen molar-refractivity contribution >= 4 is 5.91 Å². The third-order valence-corrected chi connectivity index (χ3v) is 4.76. The lowest BCUT2D eigenvalue weighted by Gasteiger charge is -2.46. The molecule has 2 aliphatic heterocycles. The average Bonchev–Trinajstić information content (AvgIpc) is 2.53. The molecule has 0 spiro atoms. The van der Waals surface area contributed by atoms with Gasteiger partial charge in [0, 0.05) is 26.7 Å². The maximum absolute atomic E-state index is 13.0. The Balaban J connectivity index is 1.68. The first-order valence-electron chi connectivity index (χ1n) is 7.93. The van der Waals surface area contributed by atoms with Crippen LogP contribution in [0.1, 0.15) is 18.4 Å². The van der Waals surface area contributed by atoms with E-state index in [4.69, 9.17) is 4.74 Å². The highest BCUT2D eigenvalue weighted by Crippen LogP contribution is 2.30. The van der Waals surface area contributed by atoms with Crippen LogP contribution in [0, 0.1) is 11.7 Å². The molecule has 2 saturated heterocycles. The van der Waals surface area contributed by atoms with Crippen molar-refractivity contribution in [1.29, 1.82) is 0 Å². The van der Waals surface area contributed by atoms with Crippen molar-refractivity contribution in [3.63, 3.8) is 0 Å². The summed E-state index contributed by atoms with van der Waals surface area (Å²) in [5, 5.41) is 0. The first-order chi connectivity index (χ1) is 10.7. The molecule has 22 heavy (non-hydrogen) atoms. The van der Waals surface area contributed by atoms with Gasteiger partial charge in [0.15, 0.2) is 0 Å². The van der Waals surface area contributed by atoms with Gasteiger partial charge in [-0.1, -0.05) is 12.1 Å². The number of hydrogen-bond donors (Lipinski definition) is 0. The minimum absolute atomic E-state index is 0.0330. The zero-order valence-corrected chi connectivity index (χ0v) is 13.0. The summed E-state index contributed by atoms with van der Waals surface area (Å²) in [4.78, 5) is 16.9. The number of hydrogen-bond acceptors (Lipinski definition) is 3. The number of nitrogens with zero attached hydrogens (tertiary/aromatic N) is 2. The first kappa shape index (κ1) is 15.4. The van der Waals surface area contributed by atoms with Crippen molar-refractivity contribution in [2.75, 3.05) is 33.4 Å². The molecule has 0 aliphatic carbocycles. The predicted octanol–water partition coefficient (Wildman–Crippen LogP) is 1.89. The van der Waals surface area contributed by atoms with E-state index in [0.717, 1.165) is 31.5 Å². The number of carbonyl (C=O) groups is 1. The molecule has 2 fully saturated rings. The molecular weight excluding hydrogens is 283 g/mol. The topological polar surface area (TPSA) is 32.8 Å². The lowest BCUT2D eigenvalue weighted by Crippen LogP contribution is -2.58. The van der Waals surface area contributed by atoms with E-state index in [1.165, 1.54) is 12.1 Å². The molecule has 0 radical (unpaired) electrons. The second-order valence-corrected chi connectivity index (χ2v) is 6.28. The summed E-state index contributed by atoms with van der Waals surface area (Å²) in [5.41, 5.74) is 1.06. The van der Waals surface area contributed by atoms with Crippen LogP contribution in [0.3, 0.4) is 0 Å². The molecule has 120 valence electrons. The van der Waals surface area contributed by atoms with E-state index < -0.39 is 0 Å². The van der Waals surface area contributed by atoms with E-state index in [9.17, 15) is 9.18 Å². The van der Waals surface area contributed by atoms with Crippen molar-refractivity contribution in [2.24, 2.45) is 5.92 Å². The monoisotopic (exact) mass is 306 g/mol. The largest absolute Gasteiger partial charge is 0.383 e. The molecule has 0 aromatic heterocycles. The average molecular weight is 306 g/mol.